The van der Waals surface area contributed by atoms with E-state index < -0.39 is 11.5 Å². The van der Waals surface area contributed by atoms with Gasteiger partial charge in [0.1, 0.15) is 0 Å². The Morgan fingerprint density at radius 2 is 2.12 bits per heavy atom. The number of hydrogen-bond acceptors (Lipinski definition) is 3. The van der Waals surface area contributed by atoms with Crippen LogP contribution in [-0.4, -0.2) is 23.3 Å². The molecule has 92 valence electrons. The number of fused-ring (bicyclic) bond motifs is 1. The second-order valence-corrected chi connectivity index (χ2v) is 4.81. The van der Waals surface area contributed by atoms with Gasteiger partial charge in [0.2, 0.25) is 0 Å². The van der Waals surface area contributed by atoms with Crippen LogP contribution in [-0.2, 0) is 22.4 Å². The van der Waals surface area contributed by atoms with E-state index in [-0.39, 0.29) is 5.97 Å². The zero-order valence-electron chi connectivity index (χ0n) is 10.3. The van der Waals surface area contributed by atoms with Crippen molar-refractivity contribution >= 4 is 5.97 Å². The first-order valence-electron chi connectivity index (χ1n) is 6.00. The van der Waals surface area contributed by atoms with Crippen LogP contribution in [0.5, 0.6) is 0 Å². The van der Waals surface area contributed by atoms with Gasteiger partial charge in [0.05, 0.1) is 18.1 Å². The molecular formula is C14H18O3. The Balaban J connectivity index is 2.28. The normalized spacial score (nSPS) is 27.4. The summed E-state index contributed by atoms with van der Waals surface area (Å²) in [6.45, 7) is 3.85. The first-order chi connectivity index (χ1) is 8.04. The highest BCUT2D eigenvalue weighted by atomic mass is 16.5. The molecule has 0 aliphatic heterocycles. The molecule has 1 aliphatic carbocycles. The molecule has 0 spiro atoms. The summed E-state index contributed by atoms with van der Waals surface area (Å²) in [6.07, 6.45) is 1.06. The van der Waals surface area contributed by atoms with Gasteiger partial charge in [-0.3, -0.25) is 4.79 Å². The summed E-state index contributed by atoms with van der Waals surface area (Å²) >= 11 is 0. The van der Waals surface area contributed by atoms with Crippen LogP contribution in [0, 0.1) is 5.92 Å². The SMILES string of the molecule is CCOC(=O)C1Cc2ccccc2CC1(C)O. The predicted molar refractivity (Wildman–Crippen MR) is 64.6 cm³/mol. The molecule has 1 aromatic rings. The Hall–Kier alpha value is -1.35. The molecule has 0 fully saturated rings. The van der Waals surface area contributed by atoms with E-state index in [1.165, 1.54) is 0 Å². The molecule has 0 saturated carbocycles. The van der Waals surface area contributed by atoms with Gasteiger partial charge in [0.15, 0.2) is 0 Å². The molecule has 1 aliphatic rings. The Labute approximate surface area is 101 Å². The van der Waals surface area contributed by atoms with Crippen LogP contribution in [0.25, 0.3) is 0 Å². The summed E-state index contributed by atoms with van der Waals surface area (Å²) in [6, 6.07) is 7.93. The van der Waals surface area contributed by atoms with Gasteiger partial charge in [0.25, 0.3) is 0 Å². The van der Waals surface area contributed by atoms with Crippen LogP contribution >= 0.6 is 0 Å². The first-order valence-corrected chi connectivity index (χ1v) is 6.00. The van der Waals surface area contributed by atoms with E-state index in [4.69, 9.17) is 4.74 Å². The van der Waals surface area contributed by atoms with E-state index in [9.17, 15) is 9.90 Å². The third kappa shape index (κ3) is 2.34. The Bertz CT molecular complexity index is 423. The molecule has 0 heterocycles. The Kier molecular flexibility index (Phi) is 3.20. The van der Waals surface area contributed by atoms with Crippen LogP contribution in [0.4, 0.5) is 0 Å². The van der Waals surface area contributed by atoms with Gasteiger partial charge in [-0.15, -0.1) is 0 Å². The highest BCUT2D eigenvalue weighted by molar-refractivity contribution is 5.75. The van der Waals surface area contributed by atoms with Gasteiger partial charge in [-0.05, 0) is 31.4 Å². The van der Waals surface area contributed by atoms with Crippen molar-refractivity contribution in [2.24, 2.45) is 5.92 Å². The third-order valence-electron chi connectivity index (χ3n) is 3.41. The second-order valence-electron chi connectivity index (χ2n) is 4.81. The third-order valence-corrected chi connectivity index (χ3v) is 3.41. The molecule has 0 aromatic heterocycles. The molecule has 0 amide bonds. The van der Waals surface area contributed by atoms with Gasteiger partial charge in [-0.2, -0.15) is 0 Å². The fourth-order valence-electron chi connectivity index (χ4n) is 2.46. The fourth-order valence-corrected chi connectivity index (χ4v) is 2.46. The summed E-state index contributed by atoms with van der Waals surface area (Å²) in [4.78, 5) is 11.8. The molecule has 1 N–H and O–H groups in total. The lowest BCUT2D eigenvalue weighted by Crippen LogP contribution is -2.46. The summed E-state index contributed by atoms with van der Waals surface area (Å²) in [5.41, 5.74) is 1.25. The monoisotopic (exact) mass is 234 g/mol. The van der Waals surface area contributed by atoms with Gasteiger partial charge in [-0.1, -0.05) is 24.3 Å². The minimum Gasteiger partial charge on any atom is -0.466 e. The van der Waals surface area contributed by atoms with Crippen molar-refractivity contribution < 1.29 is 14.6 Å². The largest absolute Gasteiger partial charge is 0.466 e. The van der Waals surface area contributed by atoms with Crippen LogP contribution in [0.1, 0.15) is 25.0 Å². The van der Waals surface area contributed by atoms with Crippen molar-refractivity contribution in [3.63, 3.8) is 0 Å². The molecule has 0 bridgehead atoms. The van der Waals surface area contributed by atoms with E-state index >= 15 is 0 Å². The number of rotatable bonds is 2. The van der Waals surface area contributed by atoms with E-state index in [2.05, 4.69) is 0 Å². The lowest BCUT2D eigenvalue weighted by molar-refractivity contribution is -0.157. The van der Waals surface area contributed by atoms with E-state index in [1.807, 2.05) is 24.3 Å². The second kappa shape index (κ2) is 4.49. The van der Waals surface area contributed by atoms with Crippen molar-refractivity contribution in [1.29, 1.82) is 0 Å². The number of aliphatic hydroxyl groups is 1. The highest BCUT2D eigenvalue weighted by Crippen LogP contribution is 2.33. The van der Waals surface area contributed by atoms with Crippen LogP contribution in [0.3, 0.4) is 0 Å². The number of benzene rings is 1. The van der Waals surface area contributed by atoms with Crippen LogP contribution in [0.2, 0.25) is 0 Å². The van der Waals surface area contributed by atoms with Crippen molar-refractivity contribution in [1.82, 2.24) is 0 Å². The van der Waals surface area contributed by atoms with E-state index in [1.54, 1.807) is 13.8 Å². The van der Waals surface area contributed by atoms with Crippen molar-refractivity contribution in [2.75, 3.05) is 6.61 Å². The molecule has 0 radical (unpaired) electrons. The number of esters is 1. The molecule has 2 atom stereocenters. The van der Waals surface area contributed by atoms with Gasteiger partial charge in [-0.25, -0.2) is 0 Å². The fraction of sp³-hybridized carbons (Fsp3) is 0.500. The van der Waals surface area contributed by atoms with E-state index in [0.717, 1.165) is 11.1 Å². The summed E-state index contributed by atoms with van der Waals surface area (Å²) in [5, 5.41) is 10.4. The van der Waals surface area contributed by atoms with Gasteiger partial charge in [0, 0.05) is 6.42 Å². The zero-order chi connectivity index (χ0) is 12.5. The topological polar surface area (TPSA) is 46.5 Å². The maximum Gasteiger partial charge on any atom is 0.312 e. The Morgan fingerprint density at radius 1 is 1.47 bits per heavy atom. The molecule has 1 aromatic carbocycles. The highest BCUT2D eigenvalue weighted by Gasteiger charge is 2.42. The van der Waals surface area contributed by atoms with Crippen molar-refractivity contribution in [3.8, 4) is 0 Å². The predicted octanol–water partition coefficient (Wildman–Crippen LogP) is 1.72. The zero-order valence-corrected chi connectivity index (χ0v) is 10.3. The number of carbonyl (C=O) groups excluding carboxylic acids is 1. The maximum atomic E-state index is 11.8. The molecule has 3 nitrogen and oxygen atoms in total. The molecule has 2 rings (SSSR count). The smallest absolute Gasteiger partial charge is 0.312 e. The molecule has 0 saturated heterocycles. The quantitative estimate of drug-likeness (QED) is 0.792. The van der Waals surface area contributed by atoms with Crippen molar-refractivity contribution in [3.05, 3.63) is 35.4 Å². The lowest BCUT2D eigenvalue weighted by Gasteiger charge is -2.36. The first kappa shape index (κ1) is 12.1. The molecule has 3 heteroatoms. The molecule has 17 heavy (non-hydrogen) atoms. The van der Waals surface area contributed by atoms with E-state index in [0.29, 0.717) is 19.4 Å². The van der Waals surface area contributed by atoms with Crippen LogP contribution in [0.15, 0.2) is 24.3 Å². The molecular weight excluding hydrogens is 216 g/mol. The lowest BCUT2D eigenvalue weighted by atomic mass is 9.73. The number of hydrogen-bond donors (Lipinski definition) is 1. The summed E-state index contributed by atoms with van der Waals surface area (Å²) in [7, 11) is 0. The summed E-state index contributed by atoms with van der Waals surface area (Å²) < 4.78 is 5.03. The minimum atomic E-state index is -1.01. The van der Waals surface area contributed by atoms with Gasteiger partial charge < -0.3 is 9.84 Å². The average Bonchev–Trinajstić information content (AvgIpc) is 2.27. The summed E-state index contributed by atoms with van der Waals surface area (Å²) in [5.74, 6) is -0.760. The molecule has 2 unspecified atom stereocenters. The average molecular weight is 234 g/mol. The van der Waals surface area contributed by atoms with Crippen molar-refractivity contribution in [2.45, 2.75) is 32.3 Å². The minimum absolute atomic E-state index is 0.299. The van der Waals surface area contributed by atoms with Gasteiger partial charge >= 0.3 is 5.97 Å². The number of ether oxygens (including phenoxy) is 1. The number of carbonyl (C=O) groups is 1. The maximum absolute atomic E-state index is 11.8. The van der Waals surface area contributed by atoms with Crippen LogP contribution < -0.4 is 0 Å². The Morgan fingerprint density at radius 3 is 2.76 bits per heavy atom. The standard InChI is InChI=1S/C14H18O3/c1-3-17-13(15)12-8-10-6-4-5-7-11(10)9-14(12,2)16/h4-7,12,16H,3,8-9H2,1-2H3.